The standard InChI is InChI=1S/C26H26ClN7OS/c1-35-25-22(27)18(12-19(28)32-25)36-21-7-6-17-24(33-21)30-14-20(31-17)34-10-8-26(9-11-34)13-15-4-2-3-5-16(15)23(26)29/h2-7,12,14,23H,8-11,13,29H2,1H3,(H2,28,32)/t23-/m1/s1. The van der Waals surface area contributed by atoms with Crippen LogP contribution in [-0.4, -0.2) is 40.1 Å². The Morgan fingerprint density at radius 3 is 2.69 bits per heavy atom. The molecule has 3 aromatic heterocycles. The maximum Gasteiger partial charge on any atom is 0.235 e. The van der Waals surface area contributed by atoms with E-state index in [2.05, 4.69) is 44.1 Å². The minimum absolute atomic E-state index is 0.0999. The first-order chi connectivity index (χ1) is 17.5. The second kappa shape index (κ2) is 9.06. The van der Waals surface area contributed by atoms with Crippen LogP contribution in [0.5, 0.6) is 5.88 Å². The second-order valence-electron chi connectivity index (χ2n) is 9.39. The Bertz CT molecular complexity index is 1460. The number of nitrogens with zero attached hydrogens (tertiary/aromatic N) is 5. The predicted octanol–water partition coefficient (Wildman–Crippen LogP) is 4.66. The molecule has 0 amide bonds. The van der Waals surface area contributed by atoms with Crippen molar-refractivity contribution in [1.82, 2.24) is 19.9 Å². The summed E-state index contributed by atoms with van der Waals surface area (Å²) >= 11 is 7.78. The van der Waals surface area contributed by atoms with E-state index in [0.29, 0.717) is 21.4 Å². The van der Waals surface area contributed by atoms with Crippen LogP contribution in [0.1, 0.15) is 30.0 Å². The summed E-state index contributed by atoms with van der Waals surface area (Å²) in [5, 5.41) is 1.13. The molecule has 1 fully saturated rings. The van der Waals surface area contributed by atoms with Gasteiger partial charge in [-0.3, -0.25) is 0 Å². The fourth-order valence-corrected chi connectivity index (χ4v) is 6.54. The van der Waals surface area contributed by atoms with E-state index in [1.807, 2.05) is 18.3 Å². The number of hydrogen-bond acceptors (Lipinski definition) is 9. The molecule has 10 heteroatoms. The third-order valence-electron chi connectivity index (χ3n) is 7.36. The van der Waals surface area contributed by atoms with Crippen LogP contribution in [0.25, 0.3) is 11.2 Å². The Labute approximate surface area is 218 Å². The average molecular weight is 520 g/mol. The van der Waals surface area contributed by atoms with Crippen molar-refractivity contribution in [2.75, 3.05) is 30.8 Å². The Kier molecular flexibility index (Phi) is 5.86. The van der Waals surface area contributed by atoms with Crippen LogP contribution >= 0.6 is 23.4 Å². The van der Waals surface area contributed by atoms with Gasteiger partial charge in [-0.05, 0) is 54.0 Å². The van der Waals surface area contributed by atoms with E-state index < -0.39 is 0 Å². The van der Waals surface area contributed by atoms with Gasteiger partial charge >= 0.3 is 0 Å². The fraction of sp³-hybridized carbons (Fsp3) is 0.308. The molecule has 0 bridgehead atoms. The lowest BCUT2D eigenvalue weighted by Crippen LogP contribution is -2.44. The number of benzene rings is 1. The molecule has 1 saturated heterocycles. The summed E-state index contributed by atoms with van der Waals surface area (Å²) in [6, 6.07) is 14.3. The zero-order valence-corrected chi connectivity index (χ0v) is 21.4. The molecule has 1 aliphatic carbocycles. The molecule has 1 aromatic carbocycles. The van der Waals surface area contributed by atoms with Crippen molar-refractivity contribution in [2.45, 2.75) is 35.2 Å². The molecule has 1 spiro atoms. The van der Waals surface area contributed by atoms with E-state index >= 15 is 0 Å². The number of hydrogen-bond donors (Lipinski definition) is 2. The first kappa shape index (κ1) is 23.3. The van der Waals surface area contributed by atoms with Crippen LogP contribution in [-0.2, 0) is 6.42 Å². The highest BCUT2D eigenvalue weighted by molar-refractivity contribution is 7.99. The van der Waals surface area contributed by atoms with E-state index in [9.17, 15) is 0 Å². The van der Waals surface area contributed by atoms with Crippen molar-refractivity contribution in [3.63, 3.8) is 0 Å². The fourth-order valence-electron chi connectivity index (χ4n) is 5.40. The number of fused-ring (bicyclic) bond motifs is 2. The predicted molar refractivity (Wildman–Crippen MR) is 143 cm³/mol. The Balaban J connectivity index is 1.18. The molecule has 1 aliphatic heterocycles. The summed E-state index contributed by atoms with van der Waals surface area (Å²) < 4.78 is 5.21. The number of rotatable bonds is 4. The van der Waals surface area contributed by atoms with E-state index in [1.165, 1.54) is 30.0 Å². The minimum atomic E-state index is 0.0999. The van der Waals surface area contributed by atoms with Gasteiger partial charge in [-0.25, -0.2) is 15.0 Å². The summed E-state index contributed by atoms with van der Waals surface area (Å²) in [4.78, 5) is 21.3. The van der Waals surface area contributed by atoms with Gasteiger partial charge < -0.3 is 21.1 Å². The molecular formula is C26H26ClN7OS. The van der Waals surface area contributed by atoms with E-state index in [0.717, 1.165) is 48.7 Å². The van der Waals surface area contributed by atoms with Crippen LogP contribution in [0.4, 0.5) is 11.6 Å². The summed E-state index contributed by atoms with van der Waals surface area (Å²) in [7, 11) is 1.51. The molecule has 0 radical (unpaired) electrons. The van der Waals surface area contributed by atoms with Gasteiger partial charge in [-0.1, -0.05) is 47.6 Å². The van der Waals surface area contributed by atoms with Crippen molar-refractivity contribution in [3.05, 3.63) is 64.8 Å². The third-order valence-corrected chi connectivity index (χ3v) is 8.82. The number of anilines is 2. The topological polar surface area (TPSA) is 116 Å². The summed E-state index contributed by atoms with van der Waals surface area (Å²) in [6.45, 7) is 1.82. The van der Waals surface area contributed by atoms with Crippen molar-refractivity contribution < 1.29 is 4.74 Å². The molecule has 0 saturated carbocycles. The molecular weight excluding hydrogens is 494 g/mol. The number of halogens is 1. The third kappa shape index (κ3) is 4.01. The minimum Gasteiger partial charge on any atom is -0.480 e. The first-order valence-electron chi connectivity index (χ1n) is 11.9. The smallest absolute Gasteiger partial charge is 0.235 e. The SMILES string of the molecule is COc1nc(N)cc(Sc2ccc3nc(N4CCC5(CC4)Cc4ccccc4[C@H]5N)cnc3n2)c1Cl. The molecule has 4 N–H and O–H groups in total. The normalized spacial score (nSPS) is 18.5. The number of aromatic nitrogens is 4. The van der Waals surface area contributed by atoms with E-state index in [-0.39, 0.29) is 17.3 Å². The van der Waals surface area contributed by atoms with E-state index in [4.69, 9.17) is 32.8 Å². The molecule has 4 aromatic rings. The van der Waals surface area contributed by atoms with Gasteiger partial charge in [0, 0.05) is 24.0 Å². The number of methoxy groups -OCH3 is 1. The van der Waals surface area contributed by atoms with Gasteiger partial charge in [0.15, 0.2) is 5.65 Å². The lowest BCUT2D eigenvalue weighted by atomic mass is 9.73. The van der Waals surface area contributed by atoms with Crippen molar-refractivity contribution in [3.8, 4) is 5.88 Å². The van der Waals surface area contributed by atoms with Crippen LogP contribution in [0.3, 0.4) is 0 Å². The number of ether oxygens (including phenoxy) is 1. The van der Waals surface area contributed by atoms with Crippen LogP contribution in [0.2, 0.25) is 5.02 Å². The van der Waals surface area contributed by atoms with Gasteiger partial charge in [0.05, 0.1) is 13.3 Å². The highest BCUT2D eigenvalue weighted by atomic mass is 35.5. The highest BCUT2D eigenvalue weighted by Crippen LogP contribution is 2.51. The molecule has 8 nitrogen and oxygen atoms in total. The average Bonchev–Trinajstić information content (AvgIpc) is 3.17. The first-order valence-corrected chi connectivity index (χ1v) is 13.1. The number of nitrogen functional groups attached to an aromatic ring is 1. The Morgan fingerprint density at radius 1 is 1.11 bits per heavy atom. The molecule has 4 heterocycles. The summed E-state index contributed by atoms with van der Waals surface area (Å²) in [5.41, 5.74) is 16.8. The largest absolute Gasteiger partial charge is 0.480 e. The Morgan fingerprint density at radius 2 is 1.92 bits per heavy atom. The summed E-state index contributed by atoms with van der Waals surface area (Å²) in [6.07, 6.45) is 4.95. The second-order valence-corrected chi connectivity index (χ2v) is 10.8. The van der Waals surface area contributed by atoms with Crippen molar-refractivity contribution >= 4 is 46.2 Å². The molecule has 6 rings (SSSR count). The monoisotopic (exact) mass is 519 g/mol. The van der Waals surface area contributed by atoms with Crippen molar-refractivity contribution in [1.29, 1.82) is 0 Å². The van der Waals surface area contributed by atoms with Crippen LogP contribution < -0.4 is 21.1 Å². The maximum absolute atomic E-state index is 6.74. The zero-order chi connectivity index (χ0) is 24.9. The zero-order valence-electron chi connectivity index (χ0n) is 19.8. The number of pyridine rings is 2. The Hall–Kier alpha value is -3.14. The highest BCUT2D eigenvalue weighted by Gasteiger charge is 2.45. The quantitative estimate of drug-likeness (QED) is 0.397. The van der Waals surface area contributed by atoms with Gasteiger partial charge in [0.25, 0.3) is 0 Å². The maximum atomic E-state index is 6.74. The molecule has 2 aliphatic rings. The van der Waals surface area contributed by atoms with Gasteiger partial charge in [-0.2, -0.15) is 4.98 Å². The molecule has 0 unspecified atom stereocenters. The number of nitrogens with two attached hydrogens (primary N) is 2. The van der Waals surface area contributed by atoms with Crippen LogP contribution in [0.15, 0.2) is 58.6 Å². The van der Waals surface area contributed by atoms with E-state index in [1.54, 1.807) is 6.07 Å². The molecule has 1 atom stereocenters. The van der Waals surface area contributed by atoms with Gasteiger partial charge in [-0.15, -0.1) is 0 Å². The molecule has 184 valence electrons. The number of piperidine rings is 1. The lowest BCUT2D eigenvalue weighted by Gasteiger charge is -2.42. The molecule has 36 heavy (non-hydrogen) atoms. The van der Waals surface area contributed by atoms with Crippen LogP contribution in [0, 0.1) is 5.41 Å². The lowest BCUT2D eigenvalue weighted by molar-refractivity contribution is 0.187. The van der Waals surface area contributed by atoms with Gasteiger partial charge in [0.1, 0.15) is 27.2 Å². The van der Waals surface area contributed by atoms with Gasteiger partial charge in [0.2, 0.25) is 5.88 Å². The summed E-state index contributed by atoms with van der Waals surface area (Å²) in [5.74, 6) is 1.49. The van der Waals surface area contributed by atoms with Crippen molar-refractivity contribution in [2.24, 2.45) is 11.1 Å².